The number of nitrogens with zero attached hydrogens (tertiary/aromatic N) is 5. The van der Waals surface area contributed by atoms with E-state index in [4.69, 9.17) is 0 Å². The van der Waals surface area contributed by atoms with E-state index in [0.29, 0.717) is 0 Å². The highest BCUT2D eigenvalue weighted by Gasteiger charge is 2.01. The van der Waals surface area contributed by atoms with E-state index in [9.17, 15) is 0 Å². The summed E-state index contributed by atoms with van der Waals surface area (Å²) in [6, 6.07) is 0. The molecule has 0 radical (unpaired) electrons. The van der Waals surface area contributed by atoms with Gasteiger partial charge in [0, 0.05) is 19.0 Å². The molecule has 0 fully saturated rings. The van der Waals surface area contributed by atoms with E-state index in [2.05, 4.69) is 20.5 Å². The molecule has 0 saturated carbocycles. The lowest BCUT2D eigenvalue weighted by Gasteiger charge is -1.89. The van der Waals surface area contributed by atoms with Crippen LogP contribution in [0.1, 0.15) is 5.69 Å². The maximum Gasteiger partial charge on any atom is 0.174 e. The fraction of sp³-hybridized carbons (Fsp3) is 0.333. The van der Waals surface area contributed by atoms with Crippen molar-refractivity contribution in [2.75, 3.05) is 0 Å². The Bertz CT molecular complexity index is 368. The van der Waals surface area contributed by atoms with Crippen LogP contribution >= 0.6 is 23.1 Å². The zero-order valence-corrected chi connectivity index (χ0v) is 8.55. The van der Waals surface area contributed by atoms with Crippen molar-refractivity contribution in [3.63, 3.8) is 0 Å². The second-order valence-corrected chi connectivity index (χ2v) is 4.43. The zero-order chi connectivity index (χ0) is 9.10. The normalized spacial score (nSPS) is 10.5. The molecule has 7 heteroatoms. The van der Waals surface area contributed by atoms with Crippen LogP contribution in [-0.4, -0.2) is 25.2 Å². The first-order valence-electron chi connectivity index (χ1n) is 3.59. The molecule has 0 bridgehead atoms. The van der Waals surface area contributed by atoms with Crippen molar-refractivity contribution in [1.29, 1.82) is 0 Å². The van der Waals surface area contributed by atoms with Gasteiger partial charge in [0.05, 0.1) is 5.69 Å². The fourth-order valence-corrected chi connectivity index (χ4v) is 2.19. The molecule has 2 aromatic rings. The third-order valence-electron chi connectivity index (χ3n) is 1.33. The van der Waals surface area contributed by atoms with Crippen LogP contribution in [0.5, 0.6) is 0 Å². The standard InChI is InChI=1S/C6H7N5S2/c1-11-2-5(8-10-11)3-12-6-9-7-4-13-6/h2,4H,3H2,1H3. The summed E-state index contributed by atoms with van der Waals surface area (Å²) in [7, 11) is 1.85. The summed E-state index contributed by atoms with van der Waals surface area (Å²) >= 11 is 3.16. The predicted octanol–water partition coefficient (Wildman–Crippen LogP) is 0.959. The van der Waals surface area contributed by atoms with Gasteiger partial charge < -0.3 is 0 Å². The maximum atomic E-state index is 3.96. The van der Waals surface area contributed by atoms with Crippen molar-refractivity contribution in [2.45, 2.75) is 10.1 Å². The SMILES string of the molecule is Cn1cc(CSc2nncs2)nn1. The number of rotatable bonds is 3. The van der Waals surface area contributed by atoms with E-state index in [0.717, 1.165) is 15.8 Å². The van der Waals surface area contributed by atoms with E-state index in [1.165, 1.54) is 11.3 Å². The van der Waals surface area contributed by atoms with Gasteiger partial charge in [0.25, 0.3) is 0 Å². The van der Waals surface area contributed by atoms with Crippen molar-refractivity contribution >= 4 is 23.1 Å². The molecule has 2 aromatic heterocycles. The minimum absolute atomic E-state index is 0.795. The third kappa shape index (κ3) is 2.25. The minimum atomic E-state index is 0.795. The smallest absolute Gasteiger partial charge is 0.174 e. The van der Waals surface area contributed by atoms with Crippen molar-refractivity contribution in [3.8, 4) is 0 Å². The van der Waals surface area contributed by atoms with Crippen molar-refractivity contribution in [3.05, 3.63) is 17.4 Å². The number of thioether (sulfide) groups is 1. The fourth-order valence-electron chi connectivity index (χ4n) is 0.823. The summed E-state index contributed by atoms with van der Waals surface area (Å²) < 4.78 is 2.65. The number of aryl methyl sites for hydroxylation is 1. The second-order valence-electron chi connectivity index (χ2n) is 2.38. The summed E-state index contributed by atoms with van der Waals surface area (Å²) in [4.78, 5) is 0. The first kappa shape index (κ1) is 8.64. The molecule has 0 aliphatic heterocycles. The molecular weight excluding hydrogens is 206 g/mol. The number of hydrogen-bond acceptors (Lipinski definition) is 6. The van der Waals surface area contributed by atoms with Crippen LogP contribution in [0.2, 0.25) is 0 Å². The van der Waals surface area contributed by atoms with Crippen molar-refractivity contribution in [2.24, 2.45) is 7.05 Å². The van der Waals surface area contributed by atoms with E-state index in [1.54, 1.807) is 22.0 Å². The highest BCUT2D eigenvalue weighted by atomic mass is 32.2. The average Bonchev–Trinajstić information content (AvgIpc) is 2.71. The Hall–Kier alpha value is -0.950. The molecule has 2 rings (SSSR count). The molecule has 0 amide bonds. The van der Waals surface area contributed by atoms with Crippen LogP contribution in [0.4, 0.5) is 0 Å². The van der Waals surface area contributed by atoms with E-state index < -0.39 is 0 Å². The molecule has 0 aliphatic carbocycles. The van der Waals surface area contributed by atoms with Gasteiger partial charge in [-0.1, -0.05) is 28.3 Å². The molecule has 0 saturated heterocycles. The lowest BCUT2D eigenvalue weighted by Crippen LogP contribution is -1.85. The number of hydrogen-bond donors (Lipinski definition) is 0. The summed E-state index contributed by atoms with van der Waals surface area (Å²) in [6.07, 6.45) is 1.90. The Balaban J connectivity index is 1.93. The summed E-state index contributed by atoms with van der Waals surface area (Å²) in [6.45, 7) is 0. The van der Waals surface area contributed by atoms with Crippen LogP contribution in [0.25, 0.3) is 0 Å². The van der Waals surface area contributed by atoms with Gasteiger partial charge >= 0.3 is 0 Å². The van der Waals surface area contributed by atoms with Crippen molar-refractivity contribution in [1.82, 2.24) is 25.2 Å². The first-order valence-corrected chi connectivity index (χ1v) is 5.45. The second kappa shape index (κ2) is 3.84. The van der Waals surface area contributed by atoms with Gasteiger partial charge in [-0.25, -0.2) is 0 Å². The van der Waals surface area contributed by atoms with Gasteiger partial charge in [-0.2, -0.15) is 0 Å². The lowest BCUT2D eigenvalue weighted by atomic mass is 10.6. The van der Waals surface area contributed by atoms with Gasteiger partial charge in [-0.3, -0.25) is 4.68 Å². The Morgan fingerprint density at radius 3 is 3.08 bits per heavy atom. The van der Waals surface area contributed by atoms with E-state index >= 15 is 0 Å². The quantitative estimate of drug-likeness (QED) is 0.711. The molecule has 0 spiro atoms. The van der Waals surface area contributed by atoms with Gasteiger partial charge in [-0.15, -0.1) is 15.3 Å². The molecule has 0 unspecified atom stereocenters. The van der Waals surface area contributed by atoms with Crippen LogP contribution in [-0.2, 0) is 12.8 Å². The van der Waals surface area contributed by atoms with Gasteiger partial charge in [-0.05, 0) is 0 Å². The molecule has 13 heavy (non-hydrogen) atoms. The average molecular weight is 213 g/mol. The minimum Gasteiger partial charge on any atom is -0.255 e. The lowest BCUT2D eigenvalue weighted by molar-refractivity contribution is 0.714. The Labute approximate surface area is 83.2 Å². The molecule has 5 nitrogen and oxygen atoms in total. The zero-order valence-electron chi connectivity index (χ0n) is 6.91. The van der Waals surface area contributed by atoms with Gasteiger partial charge in [0.15, 0.2) is 4.34 Å². The topological polar surface area (TPSA) is 56.5 Å². The predicted molar refractivity (Wildman–Crippen MR) is 50.5 cm³/mol. The molecule has 0 atom stereocenters. The Morgan fingerprint density at radius 1 is 1.54 bits per heavy atom. The Morgan fingerprint density at radius 2 is 2.46 bits per heavy atom. The highest BCUT2D eigenvalue weighted by Crippen LogP contribution is 2.22. The summed E-state index contributed by atoms with van der Waals surface area (Å²) in [5.41, 5.74) is 2.68. The summed E-state index contributed by atoms with van der Waals surface area (Å²) in [5.74, 6) is 0.795. The molecule has 0 N–H and O–H groups in total. The van der Waals surface area contributed by atoms with Crippen LogP contribution in [0.15, 0.2) is 16.0 Å². The maximum absolute atomic E-state index is 3.96. The summed E-state index contributed by atoms with van der Waals surface area (Å²) in [5, 5.41) is 15.5. The van der Waals surface area contributed by atoms with E-state index in [1.807, 2.05) is 13.2 Å². The molecule has 68 valence electrons. The number of aromatic nitrogens is 5. The van der Waals surface area contributed by atoms with Crippen LogP contribution in [0.3, 0.4) is 0 Å². The van der Waals surface area contributed by atoms with Crippen molar-refractivity contribution < 1.29 is 0 Å². The largest absolute Gasteiger partial charge is 0.255 e. The first-order chi connectivity index (χ1) is 6.34. The highest BCUT2D eigenvalue weighted by molar-refractivity contribution is 8.00. The third-order valence-corrected chi connectivity index (χ3v) is 3.23. The van der Waals surface area contributed by atoms with Crippen LogP contribution in [0, 0.1) is 0 Å². The van der Waals surface area contributed by atoms with Gasteiger partial charge in [0.2, 0.25) is 0 Å². The Kier molecular flexibility index (Phi) is 2.55. The van der Waals surface area contributed by atoms with E-state index in [-0.39, 0.29) is 0 Å². The molecule has 2 heterocycles. The molecule has 0 aliphatic rings. The van der Waals surface area contributed by atoms with Gasteiger partial charge in [0.1, 0.15) is 5.51 Å². The molecular formula is C6H7N5S2. The van der Waals surface area contributed by atoms with Crippen LogP contribution < -0.4 is 0 Å². The monoisotopic (exact) mass is 213 g/mol. The molecule has 0 aromatic carbocycles.